The van der Waals surface area contributed by atoms with Crippen molar-refractivity contribution in [3.63, 3.8) is 0 Å². The Kier molecular flexibility index (Phi) is 5.13. The van der Waals surface area contributed by atoms with Gasteiger partial charge in [0, 0.05) is 36.6 Å². The van der Waals surface area contributed by atoms with E-state index in [2.05, 4.69) is 49.1 Å². The summed E-state index contributed by atoms with van der Waals surface area (Å²) in [6, 6.07) is 15.4. The first kappa shape index (κ1) is 16.2. The molecule has 1 aromatic heterocycles. The third-order valence-electron chi connectivity index (χ3n) is 4.57. The first-order valence-electron chi connectivity index (χ1n) is 8.23. The fraction of sp³-hybridized carbons (Fsp3) is 0.421. The van der Waals surface area contributed by atoms with Crippen LogP contribution in [0.4, 0.5) is 0 Å². The Morgan fingerprint density at radius 2 is 1.78 bits per heavy atom. The monoisotopic (exact) mass is 328 g/mol. The van der Waals surface area contributed by atoms with Crippen molar-refractivity contribution in [1.29, 1.82) is 0 Å². The zero-order valence-electron chi connectivity index (χ0n) is 13.8. The van der Waals surface area contributed by atoms with E-state index in [9.17, 15) is 4.79 Å². The summed E-state index contributed by atoms with van der Waals surface area (Å²) in [5, 5.41) is 2.03. The Labute approximate surface area is 142 Å². The highest BCUT2D eigenvalue weighted by molar-refractivity contribution is 7.10. The summed E-state index contributed by atoms with van der Waals surface area (Å²) in [5.41, 5.74) is 1.34. The summed E-state index contributed by atoms with van der Waals surface area (Å²) in [4.78, 5) is 18.2. The standard InChI is InChI=1S/C19H24N2OS/c1-15-12-20(19(22)11-18-9-6-10-23-18)13-16(2)21(15)14-17-7-4-3-5-8-17/h3-10,15-16H,11-14H2,1-2H3. The first-order chi connectivity index (χ1) is 11.1. The molecular weight excluding hydrogens is 304 g/mol. The molecule has 23 heavy (non-hydrogen) atoms. The number of carbonyl (C=O) groups is 1. The third-order valence-corrected chi connectivity index (χ3v) is 5.44. The van der Waals surface area contributed by atoms with Crippen LogP contribution in [0.25, 0.3) is 0 Å². The molecule has 0 bridgehead atoms. The summed E-state index contributed by atoms with van der Waals surface area (Å²) in [7, 11) is 0. The SMILES string of the molecule is CC1CN(C(=O)Cc2cccs2)CC(C)N1Cc1ccccc1. The van der Waals surface area contributed by atoms with E-state index in [4.69, 9.17) is 0 Å². The highest BCUT2D eigenvalue weighted by atomic mass is 32.1. The maximum atomic E-state index is 12.5. The van der Waals surface area contributed by atoms with Gasteiger partial charge in [0.15, 0.2) is 0 Å². The molecule has 1 aliphatic rings. The van der Waals surface area contributed by atoms with Gasteiger partial charge < -0.3 is 4.90 Å². The number of piperazine rings is 1. The van der Waals surface area contributed by atoms with Gasteiger partial charge in [0.1, 0.15) is 0 Å². The predicted octanol–water partition coefficient (Wildman–Crippen LogP) is 3.41. The van der Waals surface area contributed by atoms with Crippen LogP contribution in [0.2, 0.25) is 0 Å². The van der Waals surface area contributed by atoms with Gasteiger partial charge in [-0.2, -0.15) is 0 Å². The molecule has 0 N–H and O–H groups in total. The minimum Gasteiger partial charge on any atom is -0.339 e. The van der Waals surface area contributed by atoms with Crippen LogP contribution in [0.15, 0.2) is 47.8 Å². The average Bonchev–Trinajstić information content (AvgIpc) is 3.04. The van der Waals surface area contributed by atoms with Gasteiger partial charge in [-0.1, -0.05) is 36.4 Å². The number of nitrogens with zero attached hydrogens (tertiary/aromatic N) is 2. The number of amides is 1. The van der Waals surface area contributed by atoms with E-state index in [0.717, 1.165) is 24.5 Å². The first-order valence-corrected chi connectivity index (χ1v) is 9.11. The van der Waals surface area contributed by atoms with Gasteiger partial charge >= 0.3 is 0 Å². The third kappa shape index (κ3) is 4.01. The van der Waals surface area contributed by atoms with E-state index in [1.54, 1.807) is 11.3 Å². The highest BCUT2D eigenvalue weighted by Gasteiger charge is 2.31. The summed E-state index contributed by atoms with van der Waals surface area (Å²) >= 11 is 1.66. The number of hydrogen-bond acceptors (Lipinski definition) is 3. The van der Waals surface area contributed by atoms with Crippen LogP contribution in [-0.2, 0) is 17.8 Å². The Hall–Kier alpha value is -1.65. The summed E-state index contributed by atoms with van der Waals surface area (Å²) in [6.07, 6.45) is 0.537. The molecule has 0 aliphatic carbocycles. The van der Waals surface area contributed by atoms with Gasteiger partial charge in [0.2, 0.25) is 5.91 Å². The number of thiophene rings is 1. The minimum absolute atomic E-state index is 0.255. The molecule has 0 radical (unpaired) electrons. The van der Waals surface area contributed by atoms with Crippen molar-refractivity contribution in [2.45, 2.75) is 38.9 Å². The molecule has 1 aliphatic heterocycles. The van der Waals surface area contributed by atoms with Crippen molar-refractivity contribution in [3.05, 3.63) is 58.3 Å². The summed E-state index contributed by atoms with van der Waals surface area (Å²) < 4.78 is 0. The van der Waals surface area contributed by atoms with E-state index in [1.807, 2.05) is 22.4 Å². The smallest absolute Gasteiger partial charge is 0.227 e. The molecular formula is C19H24N2OS. The molecule has 3 nitrogen and oxygen atoms in total. The molecule has 2 unspecified atom stereocenters. The number of benzene rings is 1. The molecule has 122 valence electrons. The molecule has 2 aromatic rings. The fourth-order valence-electron chi connectivity index (χ4n) is 3.34. The largest absolute Gasteiger partial charge is 0.339 e. The van der Waals surface area contributed by atoms with E-state index < -0.39 is 0 Å². The van der Waals surface area contributed by atoms with Gasteiger partial charge in [0.05, 0.1) is 6.42 Å². The summed E-state index contributed by atoms with van der Waals surface area (Å²) in [6.45, 7) is 7.05. The molecule has 2 heterocycles. The van der Waals surface area contributed by atoms with Crippen LogP contribution in [0.5, 0.6) is 0 Å². The van der Waals surface area contributed by atoms with Gasteiger partial charge in [-0.15, -0.1) is 11.3 Å². The van der Waals surface area contributed by atoms with Gasteiger partial charge in [-0.3, -0.25) is 9.69 Å². The molecule has 3 rings (SSSR count). The van der Waals surface area contributed by atoms with Gasteiger partial charge in [-0.05, 0) is 30.9 Å². The Morgan fingerprint density at radius 3 is 2.39 bits per heavy atom. The van der Waals surface area contributed by atoms with E-state index in [1.165, 1.54) is 5.56 Å². The molecule has 0 saturated carbocycles. The molecule has 2 atom stereocenters. The summed E-state index contributed by atoms with van der Waals surface area (Å²) in [5.74, 6) is 0.255. The molecule has 1 saturated heterocycles. The van der Waals surface area contributed by atoms with Crippen LogP contribution in [0, 0.1) is 0 Å². The van der Waals surface area contributed by atoms with E-state index in [-0.39, 0.29) is 5.91 Å². The lowest BCUT2D eigenvalue weighted by atomic mass is 10.1. The zero-order chi connectivity index (χ0) is 16.2. The minimum atomic E-state index is 0.255. The maximum Gasteiger partial charge on any atom is 0.227 e. The lowest BCUT2D eigenvalue weighted by molar-refractivity contribution is -0.135. The number of carbonyl (C=O) groups excluding carboxylic acids is 1. The van der Waals surface area contributed by atoms with Crippen molar-refractivity contribution in [1.82, 2.24) is 9.80 Å². The van der Waals surface area contributed by atoms with Crippen LogP contribution in [0.3, 0.4) is 0 Å². The lowest BCUT2D eigenvalue weighted by Gasteiger charge is -2.44. The lowest BCUT2D eigenvalue weighted by Crippen LogP contribution is -2.57. The number of rotatable bonds is 4. The van der Waals surface area contributed by atoms with E-state index in [0.29, 0.717) is 18.5 Å². The Morgan fingerprint density at radius 1 is 1.09 bits per heavy atom. The normalized spacial score (nSPS) is 22.3. The fourth-order valence-corrected chi connectivity index (χ4v) is 4.04. The Bertz CT molecular complexity index is 614. The molecule has 1 aromatic carbocycles. The predicted molar refractivity (Wildman–Crippen MR) is 95.5 cm³/mol. The van der Waals surface area contributed by atoms with Crippen molar-refractivity contribution < 1.29 is 4.79 Å². The van der Waals surface area contributed by atoms with Crippen LogP contribution in [0.1, 0.15) is 24.3 Å². The number of hydrogen-bond donors (Lipinski definition) is 0. The van der Waals surface area contributed by atoms with Crippen molar-refractivity contribution in [3.8, 4) is 0 Å². The molecule has 1 fully saturated rings. The van der Waals surface area contributed by atoms with Gasteiger partial charge in [0.25, 0.3) is 0 Å². The average molecular weight is 328 g/mol. The van der Waals surface area contributed by atoms with Gasteiger partial charge in [-0.25, -0.2) is 0 Å². The second-order valence-electron chi connectivity index (χ2n) is 6.41. The second kappa shape index (κ2) is 7.28. The zero-order valence-corrected chi connectivity index (χ0v) is 14.6. The second-order valence-corrected chi connectivity index (χ2v) is 7.44. The van der Waals surface area contributed by atoms with Crippen LogP contribution in [-0.4, -0.2) is 40.9 Å². The van der Waals surface area contributed by atoms with Crippen molar-refractivity contribution in [2.75, 3.05) is 13.1 Å². The topological polar surface area (TPSA) is 23.6 Å². The van der Waals surface area contributed by atoms with E-state index >= 15 is 0 Å². The van der Waals surface area contributed by atoms with Crippen LogP contribution >= 0.6 is 11.3 Å². The molecule has 4 heteroatoms. The van der Waals surface area contributed by atoms with Crippen molar-refractivity contribution >= 4 is 17.2 Å². The maximum absolute atomic E-state index is 12.5. The van der Waals surface area contributed by atoms with Crippen LogP contribution < -0.4 is 0 Å². The molecule has 0 spiro atoms. The Balaban J connectivity index is 1.61. The highest BCUT2D eigenvalue weighted by Crippen LogP contribution is 2.20. The quantitative estimate of drug-likeness (QED) is 0.859. The molecule has 1 amide bonds. The van der Waals surface area contributed by atoms with Crippen molar-refractivity contribution in [2.24, 2.45) is 0 Å².